The molecule has 2 saturated heterocycles. The van der Waals surface area contributed by atoms with Crippen molar-refractivity contribution in [3.63, 3.8) is 0 Å². The van der Waals surface area contributed by atoms with Crippen LogP contribution in [0.25, 0.3) is 16.2 Å². The normalized spacial score (nSPS) is 19.4. The highest BCUT2D eigenvalue weighted by atomic mass is 32.2. The molecule has 16 heteroatoms. The van der Waals surface area contributed by atoms with Gasteiger partial charge in [0.15, 0.2) is 5.01 Å². The van der Waals surface area contributed by atoms with E-state index >= 15 is 0 Å². The van der Waals surface area contributed by atoms with E-state index in [2.05, 4.69) is 14.9 Å². The third-order valence-electron chi connectivity index (χ3n) is 7.38. The van der Waals surface area contributed by atoms with Crippen LogP contribution in [0.1, 0.15) is 46.1 Å². The highest BCUT2D eigenvalue weighted by Gasteiger charge is 2.39. The molecule has 1 aromatic carbocycles. The van der Waals surface area contributed by atoms with Crippen LogP contribution in [0.5, 0.6) is 0 Å². The van der Waals surface area contributed by atoms with Gasteiger partial charge in [0, 0.05) is 38.1 Å². The number of hydrogen-bond acceptors (Lipinski definition) is 9. The summed E-state index contributed by atoms with van der Waals surface area (Å²) in [5, 5.41) is 6.74. The lowest BCUT2D eigenvalue weighted by molar-refractivity contribution is -0.136. The van der Waals surface area contributed by atoms with Crippen LogP contribution in [0.2, 0.25) is 0 Å². The number of hydrogen-bond donors (Lipinski definition) is 1. The number of alkyl halides is 2. The lowest BCUT2D eigenvalue weighted by Crippen LogP contribution is -2.59. The van der Waals surface area contributed by atoms with Crippen molar-refractivity contribution in [3.8, 4) is 5.13 Å². The Balaban J connectivity index is 1.70. The molecule has 4 heterocycles. The number of anilines is 1. The van der Waals surface area contributed by atoms with Crippen molar-refractivity contribution in [2.75, 3.05) is 37.7 Å². The first-order chi connectivity index (χ1) is 19.3. The molecule has 0 spiro atoms. The van der Waals surface area contributed by atoms with E-state index in [4.69, 9.17) is 4.74 Å². The zero-order valence-electron chi connectivity index (χ0n) is 23.4. The van der Waals surface area contributed by atoms with Crippen LogP contribution in [-0.2, 0) is 26.1 Å². The molecule has 2 aliphatic rings. The lowest BCUT2D eigenvalue weighted by atomic mass is 10.0. The molecule has 0 radical (unpaired) electrons. The van der Waals surface area contributed by atoms with Gasteiger partial charge in [-0.05, 0) is 32.9 Å². The van der Waals surface area contributed by atoms with E-state index < -0.39 is 32.7 Å². The monoisotopic (exact) mass is 613 g/mol. The SMILES string of the molecule is CCn1c(=O)n(-c2nnc(C(F)F)s2)c2cc(S(=O)(=O)NC3(C)COC3)cc(N3CCN(C(=O)C(C)C)[C@H](C)C3)c21. The van der Waals surface area contributed by atoms with Crippen molar-refractivity contribution < 1.29 is 26.7 Å². The summed E-state index contributed by atoms with van der Waals surface area (Å²) in [6.45, 7) is 11.0. The van der Waals surface area contributed by atoms with Gasteiger partial charge in [0.25, 0.3) is 6.43 Å². The molecule has 0 aliphatic carbocycles. The van der Waals surface area contributed by atoms with E-state index in [0.29, 0.717) is 42.2 Å². The number of carbonyl (C=O) groups is 1. The fourth-order valence-electron chi connectivity index (χ4n) is 5.31. The summed E-state index contributed by atoms with van der Waals surface area (Å²) in [6.07, 6.45) is -2.87. The topological polar surface area (TPSA) is 132 Å². The Morgan fingerprint density at radius 2 is 1.95 bits per heavy atom. The van der Waals surface area contributed by atoms with Gasteiger partial charge in [0.1, 0.15) is 0 Å². The Hall–Kier alpha value is -2.95. The fraction of sp³-hybridized carbons (Fsp3) is 0.600. The van der Waals surface area contributed by atoms with Crippen molar-refractivity contribution in [2.24, 2.45) is 5.92 Å². The first-order valence-corrected chi connectivity index (χ1v) is 15.6. The van der Waals surface area contributed by atoms with Gasteiger partial charge >= 0.3 is 5.69 Å². The molecule has 41 heavy (non-hydrogen) atoms. The maximum absolute atomic E-state index is 13.7. The van der Waals surface area contributed by atoms with Crippen molar-refractivity contribution in [2.45, 2.75) is 64.1 Å². The number of nitrogens with one attached hydrogen (secondary N) is 1. The van der Waals surface area contributed by atoms with Gasteiger partial charge in [-0.15, -0.1) is 10.2 Å². The number of benzene rings is 1. The summed E-state index contributed by atoms with van der Waals surface area (Å²) in [6, 6.07) is 2.71. The third-order valence-corrected chi connectivity index (χ3v) is 9.91. The summed E-state index contributed by atoms with van der Waals surface area (Å²) in [5.41, 5.74) is -0.206. The average molecular weight is 614 g/mol. The number of imidazole rings is 1. The molecule has 1 amide bonds. The maximum atomic E-state index is 13.7. The van der Waals surface area contributed by atoms with Gasteiger partial charge in [0.05, 0.1) is 40.4 Å². The molecule has 224 valence electrons. The largest absolute Gasteiger partial charge is 0.377 e. The highest BCUT2D eigenvalue weighted by Crippen LogP contribution is 2.35. The molecular formula is C25H33F2N7O5S2. The van der Waals surface area contributed by atoms with Gasteiger partial charge in [-0.25, -0.2) is 31.3 Å². The molecule has 1 atom stereocenters. The lowest BCUT2D eigenvalue weighted by Gasteiger charge is -2.42. The molecule has 2 fully saturated rings. The van der Waals surface area contributed by atoms with Crippen LogP contribution in [-0.4, -0.2) is 83.0 Å². The number of ether oxygens (including phenoxy) is 1. The predicted molar refractivity (Wildman–Crippen MR) is 149 cm³/mol. The van der Waals surface area contributed by atoms with Crippen LogP contribution in [0.4, 0.5) is 14.5 Å². The smallest absolute Gasteiger partial charge is 0.335 e. The van der Waals surface area contributed by atoms with Crippen molar-refractivity contribution in [1.82, 2.24) is 29.0 Å². The Morgan fingerprint density at radius 3 is 2.49 bits per heavy atom. The standard InChI is InChI=1S/C25H33F2N7O5S2/c1-6-32-19-17(31-7-8-33(15(4)11-31)22(35)14(2)3)9-16(41(37,38)30-25(5)12-39-13-25)10-18(19)34(24(32)36)23-29-28-21(40-23)20(26)27/h9-10,14-15,20,30H,6-8,11-13H2,1-5H3/t15-/m1/s1. The van der Waals surface area contributed by atoms with E-state index in [-0.39, 0.29) is 53.2 Å². The van der Waals surface area contributed by atoms with Crippen LogP contribution in [0, 0.1) is 5.92 Å². The summed E-state index contributed by atoms with van der Waals surface area (Å²) in [4.78, 5) is 30.1. The third kappa shape index (κ3) is 5.26. The number of halogens is 2. The second-order valence-electron chi connectivity index (χ2n) is 11.0. The summed E-state index contributed by atoms with van der Waals surface area (Å²) >= 11 is 0.569. The first-order valence-electron chi connectivity index (χ1n) is 13.3. The fourth-order valence-corrected chi connectivity index (χ4v) is 7.44. The second kappa shape index (κ2) is 10.7. The number of rotatable bonds is 8. The summed E-state index contributed by atoms with van der Waals surface area (Å²) in [7, 11) is -4.10. The number of aryl methyl sites for hydroxylation is 1. The van der Waals surface area contributed by atoms with E-state index in [1.165, 1.54) is 16.7 Å². The zero-order chi connectivity index (χ0) is 29.9. The quantitative estimate of drug-likeness (QED) is 0.410. The number of carbonyl (C=O) groups excluding carboxylic acids is 1. The molecule has 0 bridgehead atoms. The number of aromatic nitrogens is 4. The minimum Gasteiger partial charge on any atom is -0.377 e. The molecule has 2 aromatic heterocycles. The molecular weight excluding hydrogens is 580 g/mol. The molecule has 5 rings (SSSR count). The molecule has 12 nitrogen and oxygen atoms in total. The van der Waals surface area contributed by atoms with Crippen LogP contribution in [0.3, 0.4) is 0 Å². The molecule has 1 N–H and O–H groups in total. The minimum absolute atomic E-state index is 0.0292. The van der Waals surface area contributed by atoms with Gasteiger partial charge in [-0.3, -0.25) is 9.36 Å². The van der Waals surface area contributed by atoms with Crippen molar-refractivity contribution in [1.29, 1.82) is 0 Å². The zero-order valence-corrected chi connectivity index (χ0v) is 25.1. The average Bonchev–Trinajstić information content (AvgIpc) is 3.48. The number of fused-ring (bicyclic) bond motifs is 1. The second-order valence-corrected chi connectivity index (χ2v) is 13.7. The highest BCUT2D eigenvalue weighted by molar-refractivity contribution is 7.89. The number of piperazine rings is 1. The Kier molecular flexibility index (Phi) is 7.72. The van der Waals surface area contributed by atoms with Gasteiger partial charge in [0.2, 0.25) is 21.1 Å². The van der Waals surface area contributed by atoms with Gasteiger partial charge in [-0.1, -0.05) is 25.2 Å². The number of sulfonamides is 1. The summed E-state index contributed by atoms with van der Waals surface area (Å²) in [5.74, 6) is -0.141. The van der Waals surface area contributed by atoms with E-state index in [1.807, 2.05) is 30.6 Å². The van der Waals surface area contributed by atoms with Crippen molar-refractivity contribution >= 4 is 44.0 Å². The van der Waals surface area contributed by atoms with E-state index in [1.54, 1.807) is 13.8 Å². The van der Waals surface area contributed by atoms with Crippen LogP contribution in [0.15, 0.2) is 21.8 Å². The van der Waals surface area contributed by atoms with Crippen LogP contribution >= 0.6 is 11.3 Å². The molecule has 0 unspecified atom stereocenters. The van der Waals surface area contributed by atoms with Crippen LogP contribution < -0.4 is 15.3 Å². The summed E-state index contributed by atoms with van der Waals surface area (Å²) < 4.78 is 64.5. The van der Waals surface area contributed by atoms with E-state index in [9.17, 15) is 26.8 Å². The number of amides is 1. The number of nitrogens with zero attached hydrogens (tertiary/aromatic N) is 6. The first kappa shape index (κ1) is 29.5. The molecule has 2 aliphatic heterocycles. The van der Waals surface area contributed by atoms with Gasteiger partial charge < -0.3 is 14.5 Å². The Bertz CT molecular complexity index is 1650. The minimum atomic E-state index is -4.10. The van der Waals surface area contributed by atoms with E-state index in [0.717, 1.165) is 4.57 Å². The van der Waals surface area contributed by atoms with Gasteiger partial charge in [-0.2, -0.15) is 0 Å². The predicted octanol–water partition coefficient (Wildman–Crippen LogP) is 2.36. The maximum Gasteiger partial charge on any atom is 0.335 e. The Morgan fingerprint density at radius 1 is 1.24 bits per heavy atom. The Labute approximate surface area is 239 Å². The molecule has 3 aromatic rings. The molecule has 0 saturated carbocycles. The van der Waals surface area contributed by atoms with Crippen molar-refractivity contribution in [3.05, 3.63) is 27.6 Å².